The van der Waals surface area contributed by atoms with Crippen molar-refractivity contribution < 1.29 is 17.9 Å². The van der Waals surface area contributed by atoms with Gasteiger partial charge in [0.2, 0.25) is 10.0 Å². The number of ether oxygens (including phenoxy) is 2. The topological polar surface area (TPSA) is 79.6 Å². The highest BCUT2D eigenvalue weighted by atomic mass is 32.2. The Morgan fingerprint density at radius 2 is 2.14 bits per heavy atom. The fraction of sp³-hybridized carbons (Fsp3) is 0.533. The number of hydrogen-bond donors (Lipinski definition) is 0. The summed E-state index contributed by atoms with van der Waals surface area (Å²) in [5.41, 5.74) is -0.467. The third-order valence-corrected chi connectivity index (χ3v) is 5.30. The Bertz CT molecular complexity index is 679. The summed E-state index contributed by atoms with van der Waals surface area (Å²) < 4.78 is 38.1. The fourth-order valence-corrected chi connectivity index (χ4v) is 4.38. The second kappa shape index (κ2) is 6.34. The highest BCUT2D eigenvalue weighted by Crippen LogP contribution is 2.27. The largest absolute Gasteiger partial charge is 0.382 e. The van der Waals surface area contributed by atoms with Crippen molar-refractivity contribution in [2.75, 3.05) is 26.8 Å². The van der Waals surface area contributed by atoms with Crippen LogP contribution in [0.2, 0.25) is 0 Å². The molecule has 0 amide bonds. The van der Waals surface area contributed by atoms with Crippen molar-refractivity contribution in [1.82, 2.24) is 4.31 Å². The molecule has 1 heterocycles. The Morgan fingerprint density at radius 1 is 1.45 bits per heavy atom. The van der Waals surface area contributed by atoms with Gasteiger partial charge in [-0.25, -0.2) is 8.42 Å². The molecule has 0 bridgehead atoms. The standard InChI is InChI=1S/C15H20N2O4S/c1-15(2)11-17(9-13(21-15)10-20-3)22(18,19)14-7-5-4-6-12(14)8-16/h4-7,13H,9-11H2,1-3H3/t13-/m1/s1. The first-order valence-corrected chi connectivity index (χ1v) is 8.40. The summed E-state index contributed by atoms with van der Waals surface area (Å²) in [6.07, 6.45) is -0.335. The second-order valence-corrected chi connectivity index (χ2v) is 7.77. The van der Waals surface area contributed by atoms with Gasteiger partial charge < -0.3 is 9.47 Å². The molecule has 0 N–H and O–H groups in total. The third kappa shape index (κ3) is 3.47. The molecule has 0 unspecified atom stereocenters. The van der Waals surface area contributed by atoms with Gasteiger partial charge in [0.25, 0.3) is 0 Å². The first kappa shape index (κ1) is 16.9. The number of nitrogens with zero attached hydrogens (tertiary/aromatic N) is 2. The third-order valence-electron chi connectivity index (χ3n) is 3.43. The summed E-state index contributed by atoms with van der Waals surface area (Å²) in [6.45, 7) is 4.44. The predicted octanol–water partition coefficient (Wildman–Crippen LogP) is 1.37. The lowest BCUT2D eigenvalue weighted by Crippen LogP contribution is -2.55. The lowest BCUT2D eigenvalue weighted by Gasteiger charge is -2.41. The first-order chi connectivity index (χ1) is 10.3. The van der Waals surface area contributed by atoms with Gasteiger partial charge in [0.05, 0.1) is 28.8 Å². The van der Waals surface area contributed by atoms with E-state index in [0.29, 0.717) is 6.61 Å². The average Bonchev–Trinajstić information content (AvgIpc) is 2.46. The van der Waals surface area contributed by atoms with E-state index in [9.17, 15) is 8.42 Å². The van der Waals surface area contributed by atoms with E-state index in [1.165, 1.54) is 16.4 Å². The number of rotatable bonds is 4. The smallest absolute Gasteiger partial charge is 0.244 e. The molecule has 0 aromatic heterocycles. The Hall–Kier alpha value is -1.46. The van der Waals surface area contributed by atoms with Crippen LogP contribution in [0.5, 0.6) is 0 Å². The molecule has 0 spiro atoms. The molecular weight excluding hydrogens is 304 g/mol. The van der Waals surface area contributed by atoms with Crippen LogP contribution in [-0.2, 0) is 19.5 Å². The molecule has 6 nitrogen and oxygen atoms in total. The Balaban J connectivity index is 2.38. The molecule has 1 saturated heterocycles. The van der Waals surface area contributed by atoms with Crippen molar-refractivity contribution in [1.29, 1.82) is 5.26 Å². The molecule has 1 fully saturated rings. The minimum absolute atomic E-state index is 0.0337. The summed E-state index contributed by atoms with van der Waals surface area (Å²) in [6, 6.07) is 8.17. The number of methoxy groups -OCH3 is 1. The number of sulfonamides is 1. The molecule has 1 aliphatic heterocycles. The SMILES string of the molecule is COC[C@H]1CN(S(=O)(=O)c2ccccc2C#N)CC(C)(C)O1. The van der Waals surface area contributed by atoms with Gasteiger partial charge >= 0.3 is 0 Å². The zero-order valence-corrected chi connectivity index (χ0v) is 13.8. The van der Waals surface area contributed by atoms with E-state index in [2.05, 4.69) is 0 Å². The molecule has 22 heavy (non-hydrogen) atoms. The molecule has 0 radical (unpaired) electrons. The summed E-state index contributed by atoms with van der Waals surface area (Å²) in [5, 5.41) is 9.14. The van der Waals surface area contributed by atoms with Crippen molar-refractivity contribution in [3.8, 4) is 6.07 Å². The van der Waals surface area contributed by atoms with E-state index < -0.39 is 15.6 Å². The average molecular weight is 324 g/mol. The van der Waals surface area contributed by atoms with Gasteiger partial charge in [-0.05, 0) is 26.0 Å². The molecule has 1 aromatic rings. The van der Waals surface area contributed by atoms with Crippen LogP contribution in [0, 0.1) is 11.3 Å². The van der Waals surface area contributed by atoms with Gasteiger partial charge in [-0.15, -0.1) is 0 Å². The molecule has 7 heteroatoms. The van der Waals surface area contributed by atoms with Gasteiger partial charge in [0.15, 0.2) is 0 Å². The van der Waals surface area contributed by atoms with Crippen LogP contribution in [0.3, 0.4) is 0 Å². The van der Waals surface area contributed by atoms with Crippen molar-refractivity contribution >= 4 is 10.0 Å². The van der Waals surface area contributed by atoms with E-state index in [4.69, 9.17) is 14.7 Å². The molecule has 2 rings (SSSR count). The zero-order valence-electron chi connectivity index (χ0n) is 12.9. The quantitative estimate of drug-likeness (QED) is 0.836. The minimum atomic E-state index is -3.75. The molecule has 1 aromatic carbocycles. The summed E-state index contributed by atoms with van der Waals surface area (Å²) in [4.78, 5) is 0.0337. The summed E-state index contributed by atoms with van der Waals surface area (Å²) in [7, 11) is -2.20. The van der Waals surface area contributed by atoms with Crippen molar-refractivity contribution in [3.05, 3.63) is 29.8 Å². The van der Waals surface area contributed by atoms with Crippen molar-refractivity contribution in [2.45, 2.75) is 30.4 Å². The highest BCUT2D eigenvalue weighted by Gasteiger charge is 2.40. The van der Waals surface area contributed by atoms with Gasteiger partial charge in [-0.1, -0.05) is 12.1 Å². The zero-order chi connectivity index (χ0) is 16.4. The van der Waals surface area contributed by atoms with Gasteiger partial charge in [-0.3, -0.25) is 0 Å². The van der Waals surface area contributed by atoms with Crippen molar-refractivity contribution in [2.24, 2.45) is 0 Å². The Labute approximate surface area is 131 Å². The van der Waals surface area contributed by atoms with Crippen LogP contribution in [0.4, 0.5) is 0 Å². The maximum Gasteiger partial charge on any atom is 0.244 e. The normalized spacial score (nSPS) is 22.2. The van der Waals surface area contributed by atoms with Crippen LogP contribution >= 0.6 is 0 Å². The molecule has 120 valence electrons. The fourth-order valence-electron chi connectivity index (χ4n) is 2.62. The monoisotopic (exact) mass is 324 g/mol. The number of hydrogen-bond acceptors (Lipinski definition) is 5. The lowest BCUT2D eigenvalue weighted by molar-refractivity contribution is -0.135. The van der Waals surface area contributed by atoms with Crippen LogP contribution in [0.25, 0.3) is 0 Å². The molecule has 0 aliphatic carbocycles. The number of benzene rings is 1. The molecule has 1 atom stereocenters. The molecular formula is C15H20N2O4S. The van der Waals surface area contributed by atoms with Crippen LogP contribution < -0.4 is 0 Å². The highest BCUT2D eigenvalue weighted by molar-refractivity contribution is 7.89. The van der Waals surface area contributed by atoms with E-state index >= 15 is 0 Å². The molecule has 1 aliphatic rings. The first-order valence-electron chi connectivity index (χ1n) is 6.96. The van der Waals surface area contributed by atoms with E-state index in [1.54, 1.807) is 19.2 Å². The van der Waals surface area contributed by atoms with E-state index in [-0.39, 0.29) is 29.7 Å². The maximum atomic E-state index is 12.9. The van der Waals surface area contributed by atoms with Crippen LogP contribution in [0.15, 0.2) is 29.2 Å². The predicted molar refractivity (Wildman–Crippen MR) is 80.7 cm³/mol. The van der Waals surface area contributed by atoms with Gasteiger partial charge in [-0.2, -0.15) is 9.57 Å². The number of morpholine rings is 1. The Morgan fingerprint density at radius 3 is 2.77 bits per heavy atom. The van der Waals surface area contributed by atoms with Crippen LogP contribution in [-0.4, -0.2) is 51.2 Å². The minimum Gasteiger partial charge on any atom is -0.382 e. The van der Waals surface area contributed by atoms with Gasteiger partial charge in [0, 0.05) is 20.2 Å². The van der Waals surface area contributed by atoms with E-state index in [1.807, 2.05) is 19.9 Å². The lowest BCUT2D eigenvalue weighted by atomic mass is 10.1. The summed E-state index contributed by atoms with van der Waals surface area (Å²) >= 11 is 0. The maximum absolute atomic E-state index is 12.9. The Kier molecular flexibility index (Phi) is 4.87. The second-order valence-electron chi connectivity index (χ2n) is 5.86. The molecule has 0 saturated carbocycles. The van der Waals surface area contributed by atoms with Crippen molar-refractivity contribution in [3.63, 3.8) is 0 Å². The van der Waals surface area contributed by atoms with E-state index in [0.717, 1.165) is 0 Å². The van der Waals surface area contributed by atoms with Gasteiger partial charge in [0.1, 0.15) is 6.07 Å². The van der Waals surface area contributed by atoms with Crippen LogP contribution in [0.1, 0.15) is 19.4 Å². The summed E-state index contributed by atoms with van der Waals surface area (Å²) in [5.74, 6) is 0. The number of nitriles is 1.